The molecule has 1 saturated heterocycles. The molecule has 8 nitrogen and oxygen atoms in total. The molecule has 5 rings (SSSR count). The SMILES string of the molecule is CC1=NN(c2ccccc2)C(=O)C1=Cc1cn(CC(O)CNCCN2CCOCC2)c2ccccc12. The summed E-state index contributed by atoms with van der Waals surface area (Å²) in [5.74, 6) is -0.139. The van der Waals surface area contributed by atoms with Crippen LogP contribution in [-0.4, -0.2) is 78.2 Å². The van der Waals surface area contributed by atoms with Crippen LogP contribution in [0.2, 0.25) is 0 Å². The third-order valence-corrected chi connectivity index (χ3v) is 6.68. The molecule has 1 unspecified atom stereocenters. The van der Waals surface area contributed by atoms with Gasteiger partial charge in [-0.2, -0.15) is 10.1 Å². The Morgan fingerprint density at radius 2 is 1.86 bits per heavy atom. The van der Waals surface area contributed by atoms with Crippen LogP contribution in [0.1, 0.15) is 12.5 Å². The number of ether oxygens (including phenoxy) is 1. The fourth-order valence-corrected chi connectivity index (χ4v) is 4.75. The third-order valence-electron chi connectivity index (χ3n) is 6.68. The molecule has 3 heterocycles. The lowest BCUT2D eigenvalue weighted by atomic mass is 10.1. The fraction of sp³-hybridized carbons (Fsp3) is 0.357. The van der Waals surface area contributed by atoms with Crippen molar-refractivity contribution >= 4 is 34.3 Å². The highest BCUT2D eigenvalue weighted by Gasteiger charge is 2.29. The summed E-state index contributed by atoms with van der Waals surface area (Å²) < 4.78 is 7.46. The number of aliphatic hydroxyl groups excluding tert-OH is 1. The smallest absolute Gasteiger partial charge is 0.280 e. The lowest BCUT2D eigenvalue weighted by molar-refractivity contribution is -0.114. The minimum Gasteiger partial charge on any atom is -0.390 e. The van der Waals surface area contributed by atoms with E-state index in [4.69, 9.17) is 4.74 Å². The average Bonchev–Trinajstić information content (AvgIpc) is 3.40. The number of carbonyl (C=O) groups excluding carboxylic acids is 1. The first-order chi connectivity index (χ1) is 17.6. The molecule has 2 N–H and O–H groups in total. The van der Waals surface area contributed by atoms with Crippen molar-refractivity contribution in [2.75, 3.05) is 50.9 Å². The number of nitrogens with zero attached hydrogens (tertiary/aromatic N) is 4. The van der Waals surface area contributed by atoms with E-state index in [-0.39, 0.29) is 5.91 Å². The number of anilines is 1. The van der Waals surface area contributed by atoms with Crippen LogP contribution < -0.4 is 10.3 Å². The van der Waals surface area contributed by atoms with Crippen molar-refractivity contribution in [3.05, 3.63) is 71.9 Å². The maximum atomic E-state index is 13.2. The zero-order chi connectivity index (χ0) is 24.9. The molecule has 8 heteroatoms. The van der Waals surface area contributed by atoms with E-state index in [0.717, 1.165) is 61.5 Å². The maximum Gasteiger partial charge on any atom is 0.280 e. The van der Waals surface area contributed by atoms with Gasteiger partial charge in [-0.15, -0.1) is 0 Å². The fourth-order valence-electron chi connectivity index (χ4n) is 4.75. The normalized spacial score (nSPS) is 18.8. The molecule has 3 aromatic rings. The second-order valence-electron chi connectivity index (χ2n) is 9.26. The summed E-state index contributed by atoms with van der Waals surface area (Å²) in [4.78, 5) is 15.6. The predicted octanol–water partition coefficient (Wildman–Crippen LogP) is 2.73. The number of hydrazone groups is 1. The number of nitrogens with one attached hydrogen (secondary N) is 1. The maximum absolute atomic E-state index is 13.2. The Morgan fingerprint density at radius 1 is 1.11 bits per heavy atom. The highest BCUT2D eigenvalue weighted by atomic mass is 16.5. The van der Waals surface area contributed by atoms with E-state index in [9.17, 15) is 9.90 Å². The lowest BCUT2D eigenvalue weighted by Crippen LogP contribution is -2.41. The summed E-state index contributed by atoms with van der Waals surface area (Å²) in [5, 5.41) is 21.1. The van der Waals surface area contributed by atoms with Crippen molar-refractivity contribution < 1.29 is 14.6 Å². The van der Waals surface area contributed by atoms with Gasteiger partial charge < -0.3 is 19.7 Å². The van der Waals surface area contributed by atoms with Gasteiger partial charge in [-0.3, -0.25) is 9.69 Å². The molecule has 0 spiro atoms. The highest BCUT2D eigenvalue weighted by molar-refractivity contribution is 6.32. The van der Waals surface area contributed by atoms with Gasteiger partial charge in [0.1, 0.15) is 0 Å². The number of para-hydroxylation sites is 2. The standard InChI is InChI=1S/C28H33N5O3/c1-21-26(28(35)33(30-21)23-7-3-2-4-8-23)17-22-19-32(27-10-6-5-9-25(22)27)20-24(34)18-29-11-12-31-13-15-36-16-14-31/h2-10,17,19,24,29,34H,11-16,18,20H2,1H3. The second kappa shape index (κ2) is 11.2. The molecule has 2 aliphatic heterocycles. The summed E-state index contributed by atoms with van der Waals surface area (Å²) in [5.41, 5.74) is 3.97. The van der Waals surface area contributed by atoms with Gasteiger partial charge in [0.15, 0.2) is 0 Å². The van der Waals surface area contributed by atoms with Crippen LogP contribution in [0.5, 0.6) is 0 Å². The Morgan fingerprint density at radius 3 is 2.67 bits per heavy atom. The van der Waals surface area contributed by atoms with Gasteiger partial charge in [-0.25, -0.2) is 0 Å². The quantitative estimate of drug-likeness (QED) is 0.358. The number of aromatic nitrogens is 1. The Kier molecular flexibility index (Phi) is 7.58. The molecule has 2 aliphatic rings. The first kappa shape index (κ1) is 24.4. The number of carbonyl (C=O) groups is 1. The Labute approximate surface area is 211 Å². The minimum absolute atomic E-state index is 0.139. The van der Waals surface area contributed by atoms with E-state index >= 15 is 0 Å². The van der Waals surface area contributed by atoms with Crippen LogP contribution >= 0.6 is 0 Å². The summed E-state index contributed by atoms with van der Waals surface area (Å²) >= 11 is 0. The van der Waals surface area contributed by atoms with Crippen molar-refractivity contribution in [2.24, 2.45) is 5.10 Å². The Bertz CT molecular complexity index is 1260. The predicted molar refractivity (Wildman–Crippen MR) is 143 cm³/mol. The van der Waals surface area contributed by atoms with Crippen molar-refractivity contribution in [1.29, 1.82) is 0 Å². The number of fused-ring (bicyclic) bond motifs is 1. The molecule has 188 valence electrons. The van der Waals surface area contributed by atoms with E-state index < -0.39 is 6.10 Å². The van der Waals surface area contributed by atoms with Gasteiger partial charge in [-0.1, -0.05) is 36.4 Å². The number of morpholine rings is 1. The summed E-state index contributed by atoms with van der Waals surface area (Å²) in [7, 11) is 0. The molecule has 0 bridgehead atoms. The molecule has 1 amide bonds. The topological polar surface area (TPSA) is 82.3 Å². The van der Waals surface area contributed by atoms with Crippen molar-refractivity contribution in [3.63, 3.8) is 0 Å². The largest absolute Gasteiger partial charge is 0.390 e. The van der Waals surface area contributed by atoms with Crippen LogP contribution in [0, 0.1) is 0 Å². The lowest BCUT2D eigenvalue weighted by Gasteiger charge is -2.26. The van der Waals surface area contributed by atoms with E-state index in [0.29, 0.717) is 24.4 Å². The molecular formula is C28H33N5O3. The van der Waals surface area contributed by atoms with E-state index in [1.807, 2.05) is 73.8 Å². The van der Waals surface area contributed by atoms with Gasteiger partial charge in [0, 0.05) is 61.9 Å². The summed E-state index contributed by atoms with van der Waals surface area (Å²) in [6.07, 6.45) is 3.40. The molecular weight excluding hydrogens is 454 g/mol. The third kappa shape index (κ3) is 5.42. The van der Waals surface area contributed by atoms with Crippen molar-refractivity contribution in [3.8, 4) is 0 Å². The molecule has 1 fully saturated rings. The summed E-state index contributed by atoms with van der Waals surface area (Å²) in [6.45, 7) is 8.15. The van der Waals surface area contributed by atoms with Crippen molar-refractivity contribution in [1.82, 2.24) is 14.8 Å². The number of rotatable bonds is 9. The monoisotopic (exact) mass is 487 g/mol. The molecule has 1 atom stereocenters. The van der Waals surface area contributed by atoms with Crippen LogP contribution in [-0.2, 0) is 16.1 Å². The Hall–Kier alpha value is -3.30. The average molecular weight is 488 g/mol. The first-order valence-electron chi connectivity index (χ1n) is 12.5. The number of hydrogen-bond acceptors (Lipinski definition) is 6. The molecule has 0 saturated carbocycles. The number of amides is 1. The zero-order valence-corrected chi connectivity index (χ0v) is 20.6. The molecule has 0 aliphatic carbocycles. The molecule has 1 aromatic heterocycles. The minimum atomic E-state index is -0.531. The number of benzene rings is 2. The molecule has 2 aromatic carbocycles. The van der Waals surface area contributed by atoms with Gasteiger partial charge in [0.25, 0.3) is 5.91 Å². The van der Waals surface area contributed by atoms with Crippen molar-refractivity contribution in [2.45, 2.75) is 19.6 Å². The number of aliphatic hydroxyl groups is 1. The van der Waals surface area contributed by atoms with Crippen LogP contribution in [0.4, 0.5) is 5.69 Å². The first-order valence-corrected chi connectivity index (χ1v) is 12.5. The van der Waals surface area contributed by atoms with Gasteiger partial charge in [0.2, 0.25) is 0 Å². The Balaban J connectivity index is 1.28. The van der Waals surface area contributed by atoms with Gasteiger partial charge in [0.05, 0.1) is 36.3 Å². The van der Waals surface area contributed by atoms with E-state index in [1.54, 1.807) is 0 Å². The van der Waals surface area contributed by atoms with Gasteiger partial charge in [-0.05, 0) is 31.2 Å². The highest BCUT2D eigenvalue weighted by Crippen LogP contribution is 2.28. The second-order valence-corrected chi connectivity index (χ2v) is 9.26. The zero-order valence-electron chi connectivity index (χ0n) is 20.6. The van der Waals surface area contributed by atoms with E-state index in [2.05, 4.69) is 19.9 Å². The number of hydrogen-bond donors (Lipinski definition) is 2. The molecule has 0 radical (unpaired) electrons. The molecule has 36 heavy (non-hydrogen) atoms. The van der Waals surface area contributed by atoms with Crippen LogP contribution in [0.25, 0.3) is 17.0 Å². The van der Waals surface area contributed by atoms with Crippen LogP contribution in [0.3, 0.4) is 0 Å². The summed E-state index contributed by atoms with van der Waals surface area (Å²) in [6, 6.07) is 17.5. The van der Waals surface area contributed by atoms with Gasteiger partial charge >= 0.3 is 0 Å². The van der Waals surface area contributed by atoms with Crippen LogP contribution in [0.15, 0.2) is 71.5 Å². The van der Waals surface area contributed by atoms with E-state index in [1.165, 1.54) is 5.01 Å².